The number of ether oxygens (including phenoxy) is 1. The summed E-state index contributed by atoms with van der Waals surface area (Å²) >= 11 is 0. The minimum Gasteiger partial charge on any atom is -0.368 e. The molecule has 0 spiro atoms. The summed E-state index contributed by atoms with van der Waals surface area (Å²) in [7, 11) is 1.92. The lowest BCUT2D eigenvalue weighted by Crippen LogP contribution is -2.34. The van der Waals surface area contributed by atoms with Gasteiger partial charge in [0.1, 0.15) is 11.9 Å². The second-order valence-corrected chi connectivity index (χ2v) is 7.16. The highest BCUT2D eigenvalue weighted by Crippen LogP contribution is 2.20. The summed E-state index contributed by atoms with van der Waals surface area (Å²) < 4.78 is 7.34. The second-order valence-electron chi connectivity index (χ2n) is 7.16. The summed E-state index contributed by atoms with van der Waals surface area (Å²) in [6.45, 7) is 5.02. The number of aromatic nitrogens is 2. The SMILES string of the molecule is CC(C)CC(=O)Nc1ccc2c(c1)nc(CNC(=O)C1CCCO1)n2C. The first-order valence-electron chi connectivity index (χ1n) is 9.08. The topological polar surface area (TPSA) is 85.2 Å². The standard InChI is InChI=1S/C19H26N4O3/c1-12(2)9-18(24)21-13-6-7-15-14(10-13)22-17(23(15)3)11-20-19(25)16-5-4-8-26-16/h6-7,10,12,16H,4-5,8-9,11H2,1-3H3,(H,20,25)(H,21,24). The number of hydrogen-bond donors (Lipinski definition) is 2. The fraction of sp³-hybridized carbons (Fsp3) is 0.526. The van der Waals surface area contributed by atoms with Gasteiger partial charge in [-0.1, -0.05) is 13.8 Å². The van der Waals surface area contributed by atoms with Gasteiger partial charge in [-0.2, -0.15) is 0 Å². The Morgan fingerprint density at radius 3 is 2.88 bits per heavy atom. The Labute approximate surface area is 153 Å². The van der Waals surface area contributed by atoms with Gasteiger partial charge in [-0.05, 0) is 37.0 Å². The van der Waals surface area contributed by atoms with Gasteiger partial charge in [-0.3, -0.25) is 9.59 Å². The molecule has 1 atom stereocenters. The van der Waals surface area contributed by atoms with Crippen molar-refractivity contribution in [2.75, 3.05) is 11.9 Å². The third-order valence-electron chi connectivity index (χ3n) is 4.49. The molecule has 1 aliphatic heterocycles. The summed E-state index contributed by atoms with van der Waals surface area (Å²) in [6, 6.07) is 5.66. The lowest BCUT2D eigenvalue weighted by atomic mass is 10.1. The Balaban J connectivity index is 1.68. The normalized spacial score (nSPS) is 17.0. The molecule has 2 amide bonds. The third kappa shape index (κ3) is 4.22. The third-order valence-corrected chi connectivity index (χ3v) is 4.49. The molecule has 1 aliphatic rings. The van der Waals surface area contributed by atoms with Crippen molar-refractivity contribution in [3.8, 4) is 0 Å². The van der Waals surface area contributed by atoms with E-state index in [4.69, 9.17) is 4.74 Å². The molecule has 2 aromatic rings. The fourth-order valence-corrected chi connectivity index (χ4v) is 3.13. The quantitative estimate of drug-likeness (QED) is 0.830. The minimum absolute atomic E-state index is 0.000619. The molecule has 0 bridgehead atoms. The van der Waals surface area contributed by atoms with Crippen LogP contribution in [0.4, 0.5) is 5.69 Å². The monoisotopic (exact) mass is 358 g/mol. The van der Waals surface area contributed by atoms with E-state index in [9.17, 15) is 9.59 Å². The molecule has 1 fully saturated rings. The lowest BCUT2D eigenvalue weighted by molar-refractivity contribution is -0.130. The van der Waals surface area contributed by atoms with Gasteiger partial charge in [0.15, 0.2) is 0 Å². The van der Waals surface area contributed by atoms with E-state index in [1.54, 1.807) is 0 Å². The van der Waals surface area contributed by atoms with E-state index in [0.29, 0.717) is 25.5 Å². The highest BCUT2D eigenvalue weighted by atomic mass is 16.5. The molecule has 2 heterocycles. The molecule has 0 saturated carbocycles. The van der Waals surface area contributed by atoms with Crippen molar-refractivity contribution < 1.29 is 14.3 Å². The van der Waals surface area contributed by atoms with Crippen molar-refractivity contribution in [1.82, 2.24) is 14.9 Å². The molecule has 1 aromatic carbocycles. The second kappa shape index (κ2) is 7.86. The molecule has 0 radical (unpaired) electrons. The zero-order chi connectivity index (χ0) is 18.7. The van der Waals surface area contributed by atoms with Crippen LogP contribution < -0.4 is 10.6 Å². The molecule has 7 nitrogen and oxygen atoms in total. The predicted octanol–water partition coefficient (Wildman–Crippen LogP) is 2.35. The number of hydrogen-bond acceptors (Lipinski definition) is 4. The van der Waals surface area contributed by atoms with E-state index in [-0.39, 0.29) is 17.9 Å². The van der Waals surface area contributed by atoms with Crippen molar-refractivity contribution in [1.29, 1.82) is 0 Å². The van der Waals surface area contributed by atoms with Gasteiger partial charge in [-0.25, -0.2) is 4.98 Å². The lowest BCUT2D eigenvalue weighted by Gasteiger charge is -2.10. The highest BCUT2D eigenvalue weighted by Gasteiger charge is 2.23. The number of rotatable bonds is 6. The van der Waals surface area contributed by atoms with Gasteiger partial charge in [0.05, 0.1) is 17.6 Å². The van der Waals surface area contributed by atoms with Gasteiger partial charge >= 0.3 is 0 Å². The van der Waals surface area contributed by atoms with E-state index in [1.165, 1.54) is 0 Å². The van der Waals surface area contributed by atoms with Crippen LogP contribution in [0.3, 0.4) is 0 Å². The number of nitrogens with one attached hydrogen (secondary N) is 2. The molecule has 0 aliphatic carbocycles. The van der Waals surface area contributed by atoms with Crippen LogP contribution in [0.25, 0.3) is 11.0 Å². The van der Waals surface area contributed by atoms with Gasteiger partial charge < -0.3 is 19.9 Å². The minimum atomic E-state index is -0.340. The van der Waals surface area contributed by atoms with Crippen LogP contribution in [-0.2, 0) is 27.9 Å². The summed E-state index contributed by atoms with van der Waals surface area (Å²) in [5, 5.41) is 5.80. The maximum Gasteiger partial charge on any atom is 0.249 e. The Morgan fingerprint density at radius 1 is 1.38 bits per heavy atom. The van der Waals surface area contributed by atoms with Gasteiger partial charge in [0.2, 0.25) is 11.8 Å². The Morgan fingerprint density at radius 2 is 2.19 bits per heavy atom. The summed E-state index contributed by atoms with van der Waals surface area (Å²) in [4.78, 5) is 28.6. The van der Waals surface area contributed by atoms with Gasteiger partial charge in [0.25, 0.3) is 0 Å². The van der Waals surface area contributed by atoms with Gasteiger partial charge in [-0.15, -0.1) is 0 Å². The van der Waals surface area contributed by atoms with E-state index < -0.39 is 0 Å². The van der Waals surface area contributed by atoms with Crippen LogP contribution in [0.15, 0.2) is 18.2 Å². The fourth-order valence-electron chi connectivity index (χ4n) is 3.13. The van der Waals surface area contributed by atoms with Crippen LogP contribution in [0, 0.1) is 5.92 Å². The van der Waals surface area contributed by atoms with Crippen molar-refractivity contribution in [2.24, 2.45) is 13.0 Å². The zero-order valence-electron chi connectivity index (χ0n) is 15.5. The molecule has 26 heavy (non-hydrogen) atoms. The molecule has 2 N–H and O–H groups in total. The summed E-state index contributed by atoms with van der Waals surface area (Å²) in [5.41, 5.74) is 2.47. The summed E-state index contributed by atoms with van der Waals surface area (Å²) in [5.74, 6) is 0.986. The number of benzene rings is 1. The molecule has 1 aromatic heterocycles. The molecule has 140 valence electrons. The van der Waals surface area contributed by atoms with E-state index >= 15 is 0 Å². The van der Waals surface area contributed by atoms with Crippen LogP contribution in [0.5, 0.6) is 0 Å². The van der Waals surface area contributed by atoms with Crippen LogP contribution in [0.1, 0.15) is 38.9 Å². The molecule has 1 unspecified atom stereocenters. The first-order valence-corrected chi connectivity index (χ1v) is 9.08. The van der Waals surface area contributed by atoms with Crippen LogP contribution in [0.2, 0.25) is 0 Å². The summed E-state index contributed by atoms with van der Waals surface area (Å²) in [6.07, 6.45) is 1.84. The van der Waals surface area contributed by atoms with E-state index in [2.05, 4.69) is 15.6 Å². The number of amides is 2. The highest BCUT2D eigenvalue weighted by molar-refractivity contribution is 5.93. The maximum atomic E-state index is 12.1. The van der Waals surface area contributed by atoms with Gasteiger partial charge in [0, 0.05) is 25.8 Å². The molecule has 7 heteroatoms. The predicted molar refractivity (Wildman–Crippen MR) is 99.6 cm³/mol. The van der Waals surface area contributed by atoms with Crippen molar-refractivity contribution in [3.63, 3.8) is 0 Å². The smallest absolute Gasteiger partial charge is 0.249 e. The zero-order valence-corrected chi connectivity index (χ0v) is 15.5. The molecular formula is C19H26N4O3. The first kappa shape index (κ1) is 18.4. The maximum absolute atomic E-state index is 12.1. The van der Waals surface area contributed by atoms with Crippen molar-refractivity contribution >= 4 is 28.5 Å². The number of carbonyl (C=O) groups is 2. The number of imidazole rings is 1. The number of nitrogens with zero attached hydrogens (tertiary/aromatic N) is 2. The molecule has 1 saturated heterocycles. The Kier molecular flexibility index (Phi) is 5.56. The van der Waals surface area contributed by atoms with Crippen molar-refractivity contribution in [2.45, 2.75) is 45.8 Å². The first-order chi connectivity index (χ1) is 12.4. The van der Waals surface area contributed by atoms with Crippen molar-refractivity contribution in [3.05, 3.63) is 24.0 Å². The van der Waals surface area contributed by atoms with E-state index in [1.807, 2.05) is 43.7 Å². The average molecular weight is 358 g/mol. The number of aryl methyl sites for hydroxylation is 1. The largest absolute Gasteiger partial charge is 0.368 e. The molecule has 3 rings (SSSR count). The number of anilines is 1. The Bertz CT molecular complexity index is 806. The number of carbonyl (C=O) groups excluding carboxylic acids is 2. The molecular weight excluding hydrogens is 332 g/mol. The Hall–Kier alpha value is -2.41. The van der Waals surface area contributed by atoms with E-state index in [0.717, 1.165) is 35.4 Å². The number of fused-ring (bicyclic) bond motifs is 1. The average Bonchev–Trinajstić information content (AvgIpc) is 3.20. The van der Waals surface area contributed by atoms with Crippen LogP contribution >= 0.6 is 0 Å². The van der Waals surface area contributed by atoms with Crippen LogP contribution in [-0.4, -0.2) is 34.1 Å².